The smallest absolute Gasteiger partial charge is 0.223 e. The maximum Gasteiger partial charge on any atom is 0.223 e. The van der Waals surface area contributed by atoms with Crippen LogP contribution in [0.15, 0.2) is 16.7 Å². The first-order valence-electron chi connectivity index (χ1n) is 4.83. The van der Waals surface area contributed by atoms with Crippen molar-refractivity contribution in [2.45, 2.75) is 25.9 Å². The van der Waals surface area contributed by atoms with E-state index in [1.54, 1.807) is 6.26 Å². The molecule has 1 aliphatic rings. The van der Waals surface area contributed by atoms with Crippen LogP contribution in [0, 0.1) is 0 Å². The molecule has 0 spiro atoms. The van der Waals surface area contributed by atoms with E-state index in [9.17, 15) is 4.79 Å². The minimum Gasteiger partial charge on any atom is -0.467 e. The zero-order chi connectivity index (χ0) is 9.97. The number of carbonyl (C=O) groups excluding carboxylic acids is 1. The molecule has 0 atom stereocenters. The summed E-state index contributed by atoms with van der Waals surface area (Å²) >= 11 is 0. The summed E-state index contributed by atoms with van der Waals surface area (Å²) in [6.45, 7) is 1.91. The molecule has 2 rings (SSSR count). The normalized spacial score (nSPS) is 16.6. The van der Waals surface area contributed by atoms with Crippen molar-refractivity contribution in [1.82, 2.24) is 4.90 Å². The van der Waals surface area contributed by atoms with E-state index in [0.29, 0.717) is 19.5 Å². The Morgan fingerprint density at radius 1 is 1.57 bits per heavy atom. The minimum absolute atomic E-state index is 0.218. The zero-order valence-electron chi connectivity index (χ0n) is 8.03. The average molecular weight is 194 g/mol. The van der Waals surface area contributed by atoms with Crippen molar-refractivity contribution in [2.75, 3.05) is 6.54 Å². The second kappa shape index (κ2) is 3.84. The van der Waals surface area contributed by atoms with Gasteiger partial charge in [0, 0.05) is 25.1 Å². The maximum atomic E-state index is 11.3. The van der Waals surface area contributed by atoms with E-state index in [-0.39, 0.29) is 5.91 Å². The lowest BCUT2D eigenvalue weighted by atomic mass is 10.3. The summed E-state index contributed by atoms with van der Waals surface area (Å²) in [6.07, 6.45) is 3.28. The largest absolute Gasteiger partial charge is 0.467 e. The fourth-order valence-electron chi connectivity index (χ4n) is 1.68. The Morgan fingerprint density at radius 2 is 2.43 bits per heavy atom. The van der Waals surface area contributed by atoms with E-state index in [2.05, 4.69) is 0 Å². The van der Waals surface area contributed by atoms with Crippen LogP contribution in [0.2, 0.25) is 0 Å². The molecule has 1 fully saturated rings. The average Bonchev–Trinajstić information content (AvgIpc) is 2.77. The van der Waals surface area contributed by atoms with E-state index in [1.165, 1.54) is 0 Å². The Morgan fingerprint density at radius 3 is 3.00 bits per heavy atom. The van der Waals surface area contributed by atoms with Crippen LogP contribution in [0.5, 0.6) is 0 Å². The summed E-state index contributed by atoms with van der Waals surface area (Å²) in [5, 5.41) is 0. The Bertz CT molecular complexity index is 333. The third-order valence-electron chi connectivity index (χ3n) is 2.46. The Balaban J connectivity index is 1.99. The van der Waals surface area contributed by atoms with Crippen molar-refractivity contribution in [3.8, 4) is 0 Å². The van der Waals surface area contributed by atoms with E-state index >= 15 is 0 Å². The van der Waals surface area contributed by atoms with Crippen molar-refractivity contribution in [2.24, 2.45) is 5.73 Å². The van der Waals surface area contributed by atoms with Gasteiger partial charge in [0.15, 0.2) is 0 Å². The highest BCUT2D eigenvalue weighted by Crippen LogP contribution is 2.15. The molecule has 4 heteroatoms. The van der Waals surface area contributed by atoms with Crippen LogP contribution in [-0.4, -0.2) is 17.4 Å². The van der Waals surface area contributed by atoms with Gasteiger partial charge in [-0.25, -0.2) is 0 Å². The number of furan rings is 1. The number of hydrogen-bond donors (Lipinski definition) is 1. The topological polar surface area (TPSA) is 59.5 Å². The molecule has 4 nitrogen and oxygen atoms in total. The lowest BCUT2D eigenvalue weighted by molar-refractivity contribution is -0.128. The number of nitrogens with two attached hydrogens (primary N) is 1. The molecule has 1 aliphatic heterocycles. The van der Waals surface area contributed by atoms with Crippen LogP contribution in [0.4, 0.5) is 0 Å². The third-order valence-corrected chi connectivity index (χ3v) is 2.46. The molecule has 0 saturated carbocycles. The van der Waals surface area contributed by atoms with Crippen LogP contribution < -0.4 is 5.73 Å². The fourth-order valence-corrected chi connectivity index (χ4v) is 1.68. The fraction of sp³-hybridized carbons (Fsp3) is 0.500. The monoisotopic (exact) mass is 194 g/mol. The van der Waals surface area contributed by atoms with Crippen LogP contribution in [0.1, 0.15) is 24.2 Å². The van der Waals surface area contributed by atoms with Gasteiger partial charge in [-0.05, 0) is 12.5 Å². The predicted molar refractivity (Wildman–Crippen MR) is 51.3 cm³/mol. The second-order valence-corrected chi connectivity index (χ2v) is 3.54. The quantitative estimate of drug-likeness (QED) is 0.776. The molecule has 14 heavy (non-hydrogen) atoms. The van der Waals surface area contributed by atoms with Gasteiger partial charge in [-0.15, -0.1) is 0 Å². The Hall–Kier alpha value is -1.29. The van der Waals surface area contributed by atoms with Gasteiger partial charge in [0.2, 0.25) is 5.91 Å². The van der Waals surface area contributed by atoms with Crippen LogP contribution in [0.3, 0.4) is 0 Å². The standard InChI is InChI=1S/C10H14N2O2/c11-5-8-4-9(14-7-8)6-12-3-1-2-10(12)13/h4,7H,1-3,5-6,11H2. The van der Waals surface area contributed by atoms with Gasteiger partial charge >= 0.3 is 0 Å². The van der Waals surface area contributed by atoms with Crippen molar-refractivity contribution in [3.05, 3.63) is 23.7 Å². The summed E-state index contributed by atoms with van der Waals surface area (Å²) in [5.74, 6) is 1.04. The van der Waals surface area contributed by atoms with Crippen LogP contribution in [0.25, 0.3) is 0 Å². The van der Waals surface area contributed by atoms with Crippen molar-refractivity contribution >= 4 is 5.91 Å². The first kappa shape index (κ1) is 9.27. The molecular formula is C10H14N2O2. The molecule has 1 saturated heterocycles. The number of rotatable bonds is 3. The zero-order valence-corrected chi connectivity index (χ0v) is 8.03. The van der Waals surface area contributed by atoms with Crippen LogP contribution >= 0.6 is 0 Å². The van der Waals surface area contributed by atoms with Crippen molar-refractivity contribution in [1.29, 1.82) is 0 Å². The predicted octanol–water partition coefficient (Wildman–Crippen LogP) is 0.861. The van der Waals surface area contributed by atoms with Gasteiger partial charge in [0.1, 0.15) is 5.76 Å². The molecule has 1 aromatic rings. The molecule has 76 valence electrons. The number of hydrogen-bond acceptors (Lipinski definition) is 3. The third kappa shape index (κ3) is 1.80. The first-order valence-corrected chi connectivity index (χ1v) is 4.83. The van der Waals surface area contributed by atoms with Gasteiger partial charge in [0.05, 0.1) is 12.8 Å². The molecule has 0 aromatic carbocycles. The van der Waals surface area contributed by atoms with Gasteiger partial charge in [-0.1, -0.05) is 0 Å². The molecule has 2 N–H and O–H groups in total. The Kier molecular flexibility index (Phi) is 2.54. The maximum absolute atomic E-state index is 11.3. The van der Waals surface area contributed by atoms with E-state index in [1.807, 2.05) is 11.0 Å². The van der Waals surface area contributed by atoms with Gasteiger partial charge in [-0.3, -0.25) is 4.79 Å². The molecule has 1 aromatic heterocycles. The van der Waals surface area contributed by atoms with Gasteiger partial charge < -0.3 is 15.1 Å². The second-order valence-electron chi connectivity index (χ2n) is 3.54. The number of nitrogens with zero attached hydrogens (tertiary/aromatic N) is 1. The first-order chi connectivity index (χ1) is 6.79. The minimum atomic E-state index is 0.218. The molecule has 0 unspecified atom stereocenters. The van der Waals surface area contributed by atoms with Crippen LogP contribution in [-0.2, 0) is 17.9 Å². The van der Waals surface area contributed by atoms with Gasteiger partial charge in [0.25, 0.3) is 0 Å². The summed E-state index contributed by atoms with van der Waals surface area (Å²) in [6, 6.07) is 1.91. The molecule has 0 bridgehead atoms. The van der Waals surface area contributed by atoms with E-state index < -0.39 is 0 Å². The summed E-state index contributed by atoms with van der Waals surface area (Å²) in [5.41, 5.74) is 6.44. The van der Waals surface area contributed by atoms with Crippen molar-refractivity contribution < 1.29 is 9.21 Å². The molecule has 2 heterocycles. The summed E-state index contributed by atoms with van der Waals surface area (Å²) in [4.78, 5) is 13.1. The number of carbonyl (C=O) groups is 1. The lowest BCUT2D eigenvalue weighted by Gasteiger charge is -2.12. The SMILES string of the molecule is NCc1coc(CN2CCCC2=O)c1. The molecule has 1 amide bonds. The number of likely N-dealkylation sites (tertiary alicyclic amines) is 1. The highest BCUT2D eigenvalue weighted by molar-refractivity contribution is 5.77. The Labute approximate surface area is 82.7 Å². The number of amides is 1. The lowest BCUT2D eigenvalue weighted by Crippen LogP contribution is -2.23. The van der Waals surface area contributed by atoms with Gasteiger partial charge in [-0.2, -0.15) is 0 Å². The van der Waals surface area contributed by atoms with Crippen molar-refractivity contribution in [3.63, 3.8) is 0 Å². The van der Waals surface area contributed by atoms with E-state index in [4.69, 9.17) is 10.2 Å². The summed E-state index contributed by atoms with van der Waals surface area (Å²) in [7, 11) is 0. The molecular weight excluding hydrogens is 180 g/mol. The molecule has 0 radical (unpaired) electrons. The summed E-state index contributed by atoms with van der Waals surface area (Å²) < 4.78 is 5.29. The van der Waals surface area contributed by atoms with E-state index in [0.717, 1.165) is 24.3 Å². The molecule has 0 aliphatic carbocycles. The highest BCUT2D eigenvalue weighted by Gasteiger charge is 2.20. The highest BCUT2D eigenvalue weighted by atomic mass is 16.3.